The first-order valence-electron chi connectivity index (χ1n) is 6.98. The molecule has 1 aromatic carbocycles. The zero-order chi connectivity index (χ0) is 14.8. The number of aliphatic hydroxyl groups excluding tert-OH is 1. The fraction of sp³-hybridized carbons (Fsp3) is 0.412. The van der Waals surface area contributed by atoms with Crippen LogP contribution in [-0.2, 0) is 12.0 Å². The van der Waals surface area contributed by atoms with Crippen molar-refractivity contribution >= 4 is 17.0 Å². The van der Waals surface area contributed by atoms with Crippen molar-refractivity contribution in [1.82, 2.24) is 0 Å². The van der Waals surface area contributed by atoms with Gasteiger partial charge in [-0.15, -0.1) is 11.3 Å². The van der Waals surface area contributed by atoms with Gasteiger partial charge in [-0.25, -0.2) is 0 Å². The molecular formula is C17H23NOS. The van der Waals surface area contributed by atoms with E-state index in [-0.39, 0.29) is 5.41 Å². The van der Waals surface area contributed by atoms with E-state index in [0.29, 0.717) is 0 Å². The molecule has 0 saturated carbocycles. The average Bonchev–Trinajstić information content (AvgIpc) is 2.85. The van der Waals surface area contributed by atoms with Gasteiger partial charge in [0.15, 0.2) is 0 Å². The second-order valence-corrected chi connectivity index (χ2v) is 7.30. The van der Waals surface area contributed by atoms with Crippen LogP contribution in [0.2, 0.25) is 0 Å². The maximum Gasteiger partial charge on any atom is 0.0781 e. The van der Waals surface area contributed by atoms with E-state index in [1.54, 1.807) is 6.92 Å². The second kappa shape index (κ2) is 5.98. The standard InChI is InChI=1S/C17H23NOS/c1-12(19)14-7-5-6-8-15(14)18-11-13-9-10-16(20-13)17(2,3)4/h5-10,12,18-19H,11H2,1-4H3. The molecule has 1 unspecified atom stereocenters. The summed E-state index contributed by atoms with van der Waals surface area (Å²) in [6.45, 7) is 9.30. The van der Waals surface area contributed by atoms with Crippen molar-refractivity contribution in [3.05, 3.63) is 51.7 Å². The molecule has 2 nitrogen and oxygen atoms in total. The predicted molar refractivity (Wildman–Crippen MR) is 87.4 cm³/mol. The van der Waals surface area contributed by atoms with Crippen LogP contribution in [0.3, 0.4) is 0 Å². The molecule has 20 heavy (non-hydrogen) atoms. The molecule has 1 aromatic heterocycles. The number of benzene rings is 1. The van der Waals surface area contributed by atoms with Gasteiger partial charge in [0.05, 0.1) is 6.10 Å². The van der Waals surface area contributed by atoms with E-state index in [4.69, 9.17) is 0 Å². The molecule has 2 aromatic rings. The van der Waals surface area contributed by atoms with Gasteiger partial charge in [0, 0.05) is 27.5 Å². The van der Waals surface area contributed by atoms with Crippen LogP contribution in [0.1, 0.15) is 49.1 Å². The van der Waals surface area contributed by atoms with Crippen molar-refractivity contribution in [2.24, 2.45) is 0 Å². The van der Waals surface area contributed by atoms with Crippen LogP contribution in [0.4, 0.5) is 5.69 Å². The lowest BCUT2D eigenvalue weighted by atomic mass is 9.95. The minimum Gasteiger partial charge on any atom is -0.389 e. The Bertz CT molecular complexity index is 566. The highest BCUT2D eigenvalue weighted by Gasteiger charge is 2.16. The molecule has 0 spiro atoms. The molecule has 0 amide bonds. The Balaban J connectivity index is 2.08. The molecule has 0 aliphatic carbocycles. The summed E-state index contributed by atoms with van der Waals surface area (Å²) < 4.78 is 0. The highest BCUT2D eigenvalue weighted by molar-refractivity contribution is 7.12. The van der Waals surface area contributed by atoms with Gasteiger partial charge in [0.25, 0.3) is 0 Å². The van der Waals surface area contributed by atoms with E-state index in [1.807, 2.05) is 35.6 Å². The van der Waals surface area contributed by atoms with Crippen LogP contribution in [0, 0.1) is 0 Å². The van der Waals surface area contributed by atoms with Crippen molar-refractivity contribution in [2.45, 2.75) is 45.8 Å². The summed E-state index contributed by atoms with van der Waals surface area (Å²) >= 11 is 1.85. The lowest BCUT2D eigenvalue weighted by Crippen LogP contribution is -2.07. The molecule has 0 radical (unpaired) electrons. The Morgan fingerprint density at radius 1 is 1.15 bits per heavy atom. The molecular weight excluding hydrogens is 266 g/mol. The summed E-state index contributed by atoms with van der Waals surface area (Å²) in [5.41, 5.74) is 2.16. The minimum absolute atomic E-state index is 0.209. The first-order chi connectivity index (χ1) is 9.38. The lowest BCUT2D eigenvalue weighted by molar-refractivity contribution is 0.200. The van der Waals surface area contributed by atoms with Crippen LogP contribution >= 0.6 is 11.3 Å². The van der Waals surface area contributed by atoms with Crippen molar-refractivity contribution in [3.8, 4) is 0 Å². The van der Waals surface area contributed by atoms with Crippen molar-refractivity contribution in [1.29, 1.82) is 0 Å². The molecule has 0 aliphatic rings. The number of para-hydroxylation sites is 1. The predicted octanol–water partition coefficient (Wildman–Crippen LogP) is 4.71. The fourth-order valence-electron chi connectivity index (χ4n) is 2.08. The Kier molecular flexibility index (Phi) is 4.51. The molecule has 0 bridgehead atoms. The maximum atomic E-state index is 9.78. The summed E-state index contributed by atoms with van der Waals surface area (Å²) in [5, 5.41) is 13.2. The Morgan fingerprint density at radius 3 is 2.45 bits per heavy atom. The van der Waals surface area contributed by atoms with Gasteiger partial charge < -0.3 is 10.4 Å². The quantitative estimate of drug-likeness (QED) is 0.854. The molecule has 3 heteroatoms. The van der Waals surface area contributed by atoms with E-state index >= 15 is 0 Å². The van der Waals surface area contributed by atoms with Crippen molar-refractivity contribution < 1.29 is 5.11 Å². The van der Waals surface area contributed by atoms with Gasteiger partial charge in [-0.1, -0.05) is 39.0 Å². The van der Waals surface area contributed by atoms with E-state index in [9.17, 15) is 5.11 Å². The van der Waals surface area contributed by atoms with Gasteiger partial charge in [0.1, 0.15) is 0 Å². The molecule has 0 aliphatic heterocycles. The molecule has 1 heterocycles. The Labute approximate surface area is 125 Å². The van der Waals surface area contributed by atoms with Crippen LogP contribution in [-0.4, -0.2) is 5.11 Å². The molecule has 108 valence electrons. The fourth-order valence-corrected chi connectivity index (χ4v) is 3.09. The van der Waals surface area contributed by atoms with E-state index in [2.05, 4.69) is 38.2 Å². The second-order valence-electron chi connectivity index (χ2n) is 6.13. The number of thiophene rings is 1. The monoisotopic (exact) mass is 289 g/mol. The summed E-state index contributed by atoms with van der Waals surface area (Å²) in [5.74, 6) is 0. The number of rotatable bonds is 4. The lowest BCUT2D eigenvalue weighted by Gasteiger charge is -2.15. The minimum atomic E-state index is -0.452. The van der Waals surface area contributed by atoms with Crippen LogP contribution in [0.25, 0.3) is 0 Å². The number of hydrogen-bond donors (Lipinski definition) is 2. The van der Waals surface area contributed by atoms with E-state index in [0.717, 1.165) is 17.8 Å². The highest BCUT2D eigenvalue weighted by Crippen LogP contribution is 2.30. The summed E-state index contributed by atoms with van der Waals surface area (Å²) in [4.78, 5) is 2.72. The third kappa shape index (κ3) is 3.62. The summed E-state index contributed by atoms with van der Waals surface area (Å²) in [6.07, 6.45) is -0.452. The average molecular weight is 289 g/mol. The molecule has 2 N–H and O–H groups in total. The number of hydrogen-bond acceptors (Lipinski definition) is 3. The van der Waals surface area contributed by atoms with Crippen LogP contribution < -0.4 is 5.32 Å². The smallest absolute Gasteiger partial charge is 0.0781 e. The summed E-state index contributed by atoms with van der Waals surface area (Å²) in [6, 6.07) is 12.3. The SMILES string of the molecule is CC(O)c1ccccc1NCc1ccc(C(C)(C)C)s1. The van der Waals surface area contributed by atoms with Gasteiger partial charge in [-0.3, -0.25) is 0 Å². The third-order valence-corrected chi connectivity index (χ3v) is 4.78. The van der Waals surface area contributed by atoms with Crippen LogP contribution in [0.15, 0.2) is 36.4 Å². The van der Waals surface area contributed by atoms with Crippen molar-refractivity contribution in [3.63, 3.8) is 0 Å². The maximum absolute atomic E-state index is 9.78. The topological polar surface area (TPSA) is 32.3 Å². The van der Waals surface area contributed by atoms with Crippen molar-refractivity contribution in [2.75, 3.05) is 5.32 Å². The van der Waals surface area contributed by atoms with Gasteiger partial charge in [-0.2, -0.15) is 0 Å². The Hall–Kier alpha value is -1.32. The molecule has 2 rings (SSSR count). The normalized spacial score (nSPS) is 13.2. The van der Waals surface area contributed by atoms with Crippen LogP contribution in [0.5, 0.6) is 0 Å². The van der Waals surface area contributed by atoms with E-state index < -0.39 is 6.10 Å². The van der Waals surface area contributed by atoms with Gasteiger partial charge in [0.2, 0.25) is 0 Å². The number of nitrogens with one attached hydrogen (secondary N) is 1. The summed E-state index contributed by atoms with van der Waals surface area (Å²) in [7, 11) is 0. The molecule has 0 saturated heterocycles. The first-order valence-corrected chi connectivity index (χ1v) is 7.79. The Morgan fingerprint density at radius 2 is 1.85 bits per heavy atom. The van der Waals surface area contributed by atoms with Gasteiger partial charge in [-0.05, 0) is 30.5 Å². The third-order valence-electron chi connectivity index (χ3n) is 3.26. The highest BCUT2D eigenvalue weighted by atomic mass is 32.1. The number of aliphatic hydroxyl groups is 1. The molecule has 0 fully saturated rings. The largest absolute Gasteiger partial charge is 0.389 e. The zero-order valence-electron chi connectivity index (χ0n) is 12.6. The zero-order valence-corrected chi connectivity index (χ0v) is 13.4. The first kappa shape index (κ1) is 15.1. The van der Waals surface area contributed by atoms with Gasteiger partial charge >= 0.3 is 0 Å². The van der Waals surface area contributed by atoms with E-state index in [1.165, 1.54) is 9.75 Å². The molecule has 1 atom stereocenters. The number of anilines is 1.